The number of amides is 1. The van der Waals surface area contributed by atoms with Crippen molar-refractivity contribution in [3.05, 3.63) is 0 Å². The minimum Gasteiger partial charge on any atom is -0.343 e. The molecule has 0 saturated carbocycles. The van der Waals surface area contributed by atoms with E-state index in [1.54, 1.807) is 0 Å². The standard InChI is InChI=1S/C8H12BrNO/c1-3-8(11)10-7(2)5-4-6-9/h7H,3,6H2,1-2H3,(H,10,11). The monoisotopic (exact) mass is 217 g/mol. The topological polar surface area (TPSA) is 29.1 Å². The van der Waals surface area contributed by atoms with Gasteiger partial charge in [-0.1, -0.05) is 34.7 Å². The molecule has 3 heteroatoms. The maximum absolute atomic E-state index is 10.8. The number of carbonyl (C=O) groups excluding carboxylic acids is 1. The molecule has 0 spiro atoms. The first-order valence-electron chi connectivity index (χ1n) is 3.54. The number of hydrogen-bond donors (Lipinski definition) is 1. The van der Waals surface area contributed by atoms with E-state index in [1.165, 1.54) is 0 Å². The van der Waals surface area contributed by atoms with Gasteiger partial charge < -0.3 is 5.32 Å². The van der Waals surface area contributed by atoms with Gasteiger partial charge in [0, 0.05) is 6.42 Å². The Bertz CT molecular complexity index is 180. The van der Waals surface area contributed by atoms with E-state index in [0.717, 1.165) is 0 Å². The summed E-state index contributed by atoms with van der Waals surface area (Å²) in [6.07, 6.45) is 0.514. The summed E-state index contributed by atoms with van der Waals surface area (Å²) in [4.78, 5) is 10.8. The fourth-order valence-corrected chi connectivity index (χ4v) is 0.733. The third-order valence-electron chi connectivity index (χ3n) is 1.08. The van der Waals surface area contributed by atoms with Crippen LogP contribution in [0.4, 0.5) is 0 Å². The molecule has 0 aliphatic heterocycles. The molecule has 0 bridgehead atoms. The van der Waals surface area contributed by atoms with Crippen LogP contribution in [0, 0.1) is 11.8 Å². The number of nitrogens with one attached hydrogen (secondary N) is 1. The van der Waals surface area contributed by atoms with Crippen LogP contribution in [-0.2, 0) is 4.79 Å². The highest BCUT2D eigenvalue weighted by Crippen LogP contribution is 1.82. The molecule has 0 aromatic carbocycles. The molecular formula is C8H12BrNO. The van der Waals surface area contributed by atoms with E-state index in [-0.39, 0.29) is 11.9 Å². The maximum Gasteiger partial charge on any atom is 0.220 e. The first-order chi connectivity index (χ1) is 5.20. The summed E-state index contributed by atoms with van der Waals surface area (Å²) in [5.41, 5.74) is 0. The SMILES string of the molecule is CCC(=O)NC(C)C#CCBr. The molecule has 2 nitrogen and oxygen atoms in total. The molecule has 0 fully saturated rings. The maximum atomic E-state index is 10.8. The van der Waals surface area contributed by atoms with Crippen molar-refractivity contribution in [2.45, 2.75) is 26.3 Å². The van der Waals surface area contributed by atoms with E-state index >= 15 is 0 Å². The molecular weight excluding hydrogens is 206 g/mol. The second-order valence-electron chi connectivity index (χ2n) is 2.10. The van der Waals surface area contributed by atoms with Crippen molar-refractivity contribution in [2.75, 3.05) is 5.33 Å². The lowest BCUT2D eigenvalue weighted by molar-refractivity contribution is -0.121. The van der Waals surface area contributed by atoms with Crippen molar-refractivity contribution < 1.29 is 4.79 Å². The highest BCUT2D eigenvalue weighted by molar-refractivity contribution is 9.09. The Morgan fingerprint density at radius 2 is 2.36 bits per heavy atom. The lowest BCUT2D eigenvalue weighted by atomic mass is 10.3. The summed E-state index contributed by atoms with van der Waals surface area (Å²) in [5, 5.41) is 3.38. The van der Waals surface area contributed by atoms with E-state index < -0.39 is 0 Å². The zero-order chi connectivity index (χ0) is 8.69. The van der Waals surface area contributed by atoms with E-state index in [4.69, 9.17) is 0 Å². The van der Waals surface area contributed by atoms with Crippen LogP contribution in [-0.4, -0.2) is 17.3 Å². The summed E-state index contributed by atoms with van der Waals surface area (Å²) < 4.78 is 0. The second kappa shape index (κ2) is 6.23. The van der Waals surface area contributed by atoms with Gasteiger partial charge in [-0.3, -0.25) is 4.79 Å². The van der Waals surface area contributed by atoms with Crippen molar-refractivity contribution in [1.29, 1.82) is 0 Å². The average molecular weight is 218 g/mol. The molecule has 0 aromatic rings. The molecule has 62 valence electrons. The molecule has 1 unspecified atom stereocenters. The van der Waals surface area contributed by atoms with Gasteiger partial charge in [0.2, 0.25) is 5.91 Å². The zero-order valence-corrected chi connectivity index (χ0v) is 8.36. The number of carbonyl (C=O) groups is 1. The van der Waals surface area contributed by atoms with Gasteiger partial charge in [0.1, 0.15) is 0 Å². The van der Waals surface area contributed by atoms with Gasteiger partial charge in [-0.2, -0.15) is 0 Å². The normalized spacial score (nSPS) is 11.2. The van der Waals surface area contributed by atoms with Gasteiger partial charge in [0.05, 0.1) is 11.4 Å². The predicted octanol–water partition coefficient (Wildman–Crippen LogP) is 1.30. The third kappa shape index (κ3) is 5.93. The average Bonchev–Trinajstić information content (AvgIpc) is 2.00. The van der Waals surface area contributed by atoms with Crippen molar-refractivity contribution in [2.24, 2.45) is 0 Å². The third-order valence-corrected chi connectivity index (χ3v) is 1.36. The number of alkyl halides is 1. The van der Waals surface area contributed by atoms with Gasteiger partial charge >= 0.3 is 0 Å². The largest absolute Gasteiger partial charge is 0.343 e. The van der Waals surface area contributed by atoms with Crippen molar-refractivity contribution in [3.63, 3.8) is 0 Å². The summed E-state index contributed by atoms with van der Waals surface area (Å²) in [5.74, 6) is 5.74. The Balaban J connectivity index is 3.68. The number of rotatable bonds is 2. The van der Waals surface area contributed by atoms with Crippen LogP contribution in [0.15, 0.2) is 0 Å². The zero-order valence-electron chi connectivity index (χ0n) is 6.78. The van der Waals surface area contributed by atoms with Crippen LogP contribution in [0.1, 0.15) is 20.3 Å². The summed E-state index contributed by atoms with van der Waals surface area (Å²) >= 11 is 3.17. The van der Waals surface area contributed by atoms with Gasteiger partial charge in [-0.25, -0.2) is 0 Å². The molecule has 0 aliphatic rings. The summed E-state index contributed by atoms with van der Waals surface area (Å²) in [7, 11) is 0. The minimum absolute atomic E-state index is 0.0417. The summed E-state index contributed by atoms with van der Waals surface area (Å²) in [6, 6.07) is -0.0417. The van der Waals surface area contributed by atoms with Gasteiger partial charge in [0.15, 0.2) is 0 Å². The highest BCUT2D eigenvalue weighted by Gasteiger charge is 1.99. The Kier molecular flexibility index (Phi) is 5.96. The molecule has 1 N–H and O–H groups in total. The van der Waals surface area contributed by atoms with Crippen LogP contribution in [0.25, 0.3) is 0 Å². The molecule has 0 aromatic heterocycles. The van der Waals surface area contributed by atoms with Crippen LogP contribution in [0.5, 0.6) is 0 Å². The van der Waals surface area contributed by atoms with E-state index in [0.29, 0.717) is 11.8 Å². The Labute approximate surface area is 75.9 Å². The smallest absolute Gasteiger partial charge is 0.220 e. The molecule has 0 heterocycles. The summed E-state index contributed by atoms with van der Waals surface area (Å²) in [6.45, 7) is 3.68. The van der Waals surface area contributed by atoms with Gasteiger partial charge in [-0.15, -0.1) is 0 Å². The lowest BCUT2D eigenvalue weighted by Gasteiger charge is -2.04. The molecule has 0 rings (SSSR count). The minimum atomic E-state index is -0.0417. The second-order valence-corrected chi connectivity index (χ2v) is 2.66. The Morgan fingerprint density at radius 1 is 1.73 bits per heavy atom. The fraction of sp³-hybridized carbons (Fsp3) is 0.625. The first-order valence-corrected chi connectivity index (χ1v) is 4.66. The molecule has 1 atom stereocenters. The Morgan fingerprint density at radius 3 is 2.82 bits per heavy atom. The van der Waals surface area contributed by atoms with Crippen molar-refractivity contribution in [3.8, 4) is 11.8 Å². The predicted molar refractivity (Wildman–Crippen MR) is 49.5 cm³/mol. The fourth-order valence-electron chi connectivity index (χ4n) is 0.571. The number of halogens is 1. The molecule has 0 aliphatic carbocycles. The Hall–Kier alpha value is -0.490. The van der Waals surface area contributed by atoms with Crippen LogP contribution in [0.2, 0.25) is 0 Å². The molecule has 11 heavy (non-hydrogen) atoms. The molecule has 0 radical (unpaired) electrons. The highest BCUT2D eigenvalue weighted by atomic mass is 79.9. The van der Waals surface area contributed by atoms with E-state index in [2.05, 4.69) is 33.1 Å². The molecule has 1 amide bonds. The van der Waals surface area contributed by atoms with Gasteiger partial charge in [0.25, 0.3) is 0 Å². The van der Waals surface area contributed by atoms with Crippen LogP contribution in [0.3, 0.4) is 0 Å². The van der Waals surface area contributed by atoms with E-state index in [1.807, 2.05) is 13.8 Å². The van der Waals surface area contributed by atoms with Crippen LogP contribution >= 0.6 is 15.9 Å². The van der Waals surface area contributed by atoms with E-state index in [9.17, 15) is 4.79 Å². The van der Waals surface area contributed by atoms with Crippen LogP contribution < -0.4 is 5.32 Å². The number of hydrogen-bond acceptors (Lipinski definition) is 1. The lowest BCUT2D eigenvalue weighted by Crippen LogP contribution is -2.30. The van der Waals surface area contributed by atoms with Gasteiger partial charge in [-0.05, 0) is 6.92 Å². The van der Waals surface area contributed by atoms with Crippen molar-refractivity contribution in [1.82, 2.24) is 5.32 Å². The van der Waals surface area contributed by atoms with Crippen molar-refractivity contribution >= 4 is 21.8 Å². The first kappa shape index (κ1) is 10.5. The quantitative estimate of drug-likeness (QED) is 0.549. The molecule has 0 saturated heterocycles.